The van der Waals surface area contributed by atoms with Crippen molar-refractivity contribution in [3.05, 3.63) is 61.7 Å². The Bertz CT molecular complexity index is 672. The minimum Gasteiger partial charge on any atom is -0.478 e. The van der Waals surface area contributed by atoms with Gasteiger partial charge in [-0.3, -0.25) is 20.2 Å². The third kappa shape index (κ3) is 5.37. The van der Waals surface area contributed by atoms with Crippen molar-refractivity contribution in [3.8, 4) is 0 Å². The molecule has 1 aromatic carbocycles. The first kappa shape index (κ1) is 21.3. The summed E-state index contributed by atoms with van der Waals surface area (Å²) in [5, 5.41) is 32.1. The van der Waals surface area contributed by atoms with Gasteiger partial charge in [-0.1, -0.05) is 62.9 Å². The largest absolute Gasteiger partial charge is 0.478 e. The topological polar surface area (TPSA) is 124 Å². The van der Waals surface area contributed by atoms with Crippen LogP contribution in [0.15, 0.2) is 30.3 Å². The SMILES string of the molecule is CC=C(C(=O)O)c1ccccc1C(CCCCCC)C([N+](=O)[O-])[N+](=O)[O-]. The molecular weight excluding hydrogens is 340 g/mol. The van der Waals surface area contributed by atoms with Crippen LogP contribution in [0.25, 0.3) is 5.57 Å². The van der Waals surface area contributed by atoms with E-state index in [1.54, 1.807) is 25.1 Å². The molecule has 0 bridgehead atoms. The van der Waals surface area contributed by atoms with E-state index in [1.807, 2.05) is 6.92 Å². The summed E-state index contributed by atoms with van der Waals surface area (Å²) in [4.78, 5) is 32.4. The highest BCUT2D eigenvalue weighted by Crippen LogP contribution is 2.33. The first-order valence-electron chi connectivity index (χ1n) is 8.61. The van der Waals surface area contributed by atoms with Crippen LogP contribution >= 0.6 is 0 Å². The number of carboxylic acid groups (broad SMARTS) is 1. The fourth-order valence-corrected chi connectivity index (χ4v) is 3.09. The minimum atomic E-state index is -2.01. The molecule has 0 aliphatic rings. The van der Waals surface area contributed by atoms with Crippen LogP contribution in [0.3, 0.4) is 0 Å². The van der Waals surface area contributed by atoms with E-state index in [4.69, 9.17) is 0 Å². The monoisotopic (exact) mass is 364 g/mol. The first-order chi connectivity index (χ1) is 12.3. The molecule has 0 fully saturated rings. The average molecular weight is 364 g/mol. The van der Waals surface area contributed by atoms with Gasteiger partial charge in [0.25, 0.3) is 0 Å². The maximum absolute atomic E-state index is 11.5. The number of rotatable bonds is 11. The zero-order valence-electron chi connectivity index (χ0n) is 15.0. The molecule has 1 aromatic rings. The van der Waals surface area contributed by atoms with Crippen molar-refractivity contribution < 1.29 is 19.7 Å². The average Bonchev–Trinajstić information content (AvgIpc) is 2.57. The van der Waals surface area contributed by atoms with Crippen molar-refractivity contribution in [2.75, 3.05) is 0 Å². The predicted molar refractivity (Wildman–Crippen MR) is 97.0 cm³/mol. The number of benzene rings is 1. The molecule has 0 aromatic heterocycles. The van der Waals surface area contributed by atoms with Gasteiger partial charge in [-0.15, -0.1) is 0 Å². The second-order valence-electron chi connectivity index (χ2n) is 6.03. The smallest absolute Gasteiger partial charge is 0.457 e. The van der Waals surface area contributed by atoms with Crippen LogP contribution in [0.2, 0.25) is 0 Å². The van der Waals surface area contributed by atoms with Crippen LogP contribution in [-0.4, -0.2) is 27.1 Å². The second-order valence-corrected chi connectivity index (χ2v) is 6.03. The highest BCUT2D eigenvalue weighted by atomic mass is 16.7. The van der Waals surface area contributed by atoms with Crippen molar-refractivity contribution in [3.63, 3.8) is 0 Å². The van der Waals surface area contributed by atoms with E-state index in [0.717, 1.165) is 19.3 Å². The molecule has 1 atom stereocenters. The van der Waals surface area contributed by atoms with E-state index >= 15 is 0 Å². The number of hydrogen-bond acceptors (Lipinski definition) is 5. The minimum absolute atomic E-state index is 0.0235. The van der Waals surface area contributed by atoms with Crippen LogP contribution in [0.4, 0.5) is 0 Å². The van der Waals surface area contributed by atoms with E-state index in [0.29, 0.717) is 12.0 Å². The van der Waals surface area contributed by atoms with Gasteiger partial charge < -0.3 is 5.11 Å². The molecule has 0 amide bonds. The van der Waals surface area contributed by atoms with Crippen LogP contribution in [0.5, 0.6) is 0 Å². The lowest BCUT2D eigenvalue weighted by Crippen LogP contribution is -2.35. The summed E-state index contributed by atoms with van der Waals surface area (Å²) in [7, 11) is 0. The molecule has 0 saturated carbocycles. The van der Waals surface area contributed by atoms with E-state index in [2.05, 4.69) is 0 Å². The highest BCUT2D eigenvalue weighted by Gasteiger charge is 2.44. The fraction of sp³-hybridized carbons (Fsp3) is 0.500. The van der Waals surface area contributed by atoms with Crippen LogP contribution in [0.1, 0.15) is 63.0 Å². The highest BCUT2D eigenvalue weighted by molar-refractivity contribution is 6.15. The second kappa shape index (κ2) is 10.3. The van der Waals surface area contributed by atoms with Crippen molar-refractivity contribution >= 4 is 11.5 Å². The summed E-state index contributed by atoms with van der Waals surface area (Å²) in [6.45, 7) is 3.57. The van der Waals surface area contributed by atoms with E-state index in [-0.39, 0.29) is 17.6 Å². The number of nitrogens with zero attached hydrogens (tertiary/aromatic N) is 2. The van der Waals surface area contributed by atoms with Gasteiger partial charge in [-0.05, 0) is 24.5 Å². The van der Waals surface area contributed by atoms with Crippen molar-refractivity contribution in [2.24, 2.45) is 0 Å². The lowest BCUT2D eigenvalue weighted by molar-refractivity contribution is -0.746. The third-order valence-corrected chi connectivity index (χ3v) is 4.33. The summed E-state index contributed by atoms with van der Waals surface area (Å²) in [5.74, 6) is -2.18. The van der Waals surface area contributed by atoms with E-state index in [1.165, 1.54) is 12.1 Å². The van der Waals surface area contributed by atoms with Gasteiger partial charge >= 0.3 is 12.1 Å². The lowest BCUT2D eigenvalue weighted by atomic mass is 9.85. The number of carbonyl (C=O) groups is 1. The molecule has 26 heavy (non-hydrogen) atoms. The van der Waals surface area contributed by atoms with Gasteiger partial charge in [0.05, 0.1) is 15.4 Å². The number of carboxylic acids is 1. The molecule has 8 nitrogen and oxygen atoms in total. The maximum atomic E-state index is 11.5. The van der Waals surface area contributed by atoms with Crippen LogP contribution < -0.4 is 0 Å². The number of unbranched alkanes of at least 4 members (excludes halogenated alkanes) is 3. The van der Waals surface area contributed by atoms with Gasteiger partial charge in [-0.2, -0.15) is 0 Å². The standard InChI is InChI=1S/C18H24N2O6/c1-3-5-6-7-12-16(17(19(23)24)20(25)26)15-11-9-8-10-14(15)13(4-2)18(21)22/h4,8-11,16-17H,3,5-7,12H2,1-2H3,(H,21,22). The Balaban J connectivity index is 3.40. The number of aliphatic carboxylic acids is 1. The van der Waals surface area contributed by atoms with E-state index in [9.17, 15) is 30.1 Å². The summed E-state index contributed by atoms with van der Waals surface area (Å²) >= 11 is 0. The van der Waals surface area contributed by atoms with Gasteiger partial charge in [0.15, 0.2) is 0 Å². The molecule has 0 heterocycles. The molecule has 142 valence electrons. The summed E-state index contributed by atoms with van der Waals surface area (Å²) < 4.78 is 0. The van der Waals surface area contributed by atoms with Gasteiger partial charge in [0.1, 0.15) is 5.92 Å². The van der Waals surface area contributed by atoms with Crippen molar-refractivity contribution in [1.82, 2.24) is 0 Å². The molecule has 0 saturated heterocycles. The van der Waals surface area contributed by atoms with Crippen LogP contribution in [0, 0.1) is 20.2 Å². The molecule has 8 heteroatoms. The Morgan fingerprint density at radius 3 is 2.27 bits per heavy atom. The molecule has 1 N–H and O–H groups in total. The Morgan fingerprint density at radius 2 is 1.77 bits per heavy atom. The molecular formula is C18H24N2O6. The quantitative estimate of drug-likeness (QED) is 0.207. The molecule has 0 aliphatic heterocycles. The third-order valence-electron chi connectivity index (χ3n) is 4.33. The van der Waals surface area contributed by atoms with Crippen LogP contribution in [-0.2, 0) is 4.79 Å². The Kier molecular flexibility index (Phi) is 8.41. The predicted octanol–water partition coefficient (Wildman–Crippen LogP) is 4.11. The Morgan fingerprint density at radius 1 is 1.15 bits per heavy atom. The Hall–Kier alpha value is -2.77. The summed E-state index contributed by atoms with van der Waals surface area (Å²) in [6.07, 6.45) is 2.95. The number of allylic oxidation sites excluding steroid dienone is 1. The molecule has 1 unspecified atom stereocenters. The fourth-order valence-electron chi connectivity index (χ4n) is 3.09. The van der Waals surface area contributed by atoms with E-state index < -0.39 is 27.9 Å². The lowest BCUT2D eigenvalue weighted by Gasteiger charge is -2.19. The number of nitro groups is 2. The maximum Gasteiger partial charge on any atom is 0.457 e. The molecule has 1 rings (SSSR count). The number of hydrogen-bond donors (Lipinski definition) is 1. The van der Waals surface area contributed by atoms with Gasteiger partial charge in [0.2, 0.25) is 0 Å². The van der Waals surface area contributed by atoms with Gasteiger partial charge in [0, 0.05) is 0 Å². The zero-order valence-corrected chi connectivity index (χ0v) is 15.0. The normalized spacial score (nSPS) is 12.8. The molecule has 0 spiro atoms. The first-order valence-corrected chi connectivity index (χ1v) is 8.61. The molecule has 0 aliphatic carbocycles. The zero-order chi connectivity index (χ0) is 19.7. The summed E-state index contributed by atoms with van der Waals surface area (Å²) in [5.41, 5.74) is 0.596. The van der Waals surface area contributed by atoms with Crippen molar-refractivity contribution in [1.29, 1.82) is 0 Å². The van der Waals surface area contributed by atoms with Crippen molar-refractivity contribution in [2.45, 2.75) is 58.0 Å². The molecule has 0 radical (unpaired) electrons. The Labute approximate surface area is 151 Å². The summed E-state index contributed by atoms with van der Waals surface area (Å²) in [6, 6.07) is 6.32. The van der Waals surface area contributed by atoms with Gasteiger partial charge in [-0.25, -0.2) is 4.79 Å².